The summed E-state index contributed by atoms with van der Waals surface area (Å²) >= 11 is 0. The Bertz CT molecular complexity index is 229. The van der Waals surface area contributed by atoms with Gasteiger partial charge in [-0.3, -0.25) is 0 Å². The van der Waals surface area contributed by atoms with E-state index in [0.717, 1.165) is 19.3 Å². The molecule has 1 heteroatoms. The maximum absolute atomic E-state index is 11.3. The lowest BCUT2D eigenvalue weighted by Gasteiger charge is -2.44. The minimum atomic E-state index is -0.122. The van der Waals surface area contributed by atoms with Crippen LogP contribution < -0.4 is 0 Å². The highest BCUT2D eigenvalue weighted by Crippen LogP contribution is 2.49. The summed E-state index contributed by atoms with van der Waals surface area (Å²) < 4.78 is 0. The molecule has 0 aromatic heterocycles. The molecular formula is C13H22O. The molecule has 1 fully saturated rings. The van der Waals surface area contributed by atoms with Gasteiger partial charge in [0.05, 0.1) is 0 Å². The van der Waals surface area contributed by atoms with E-state index in [2.05, 4.69) is 27.4 Å². The number of aldehydes is 1. The summed E-state index contributed by atoms with van der Waals surface area (Å²) in [6.07, 6.45) is 7.18. The van der Waals surface area contributed by atoms with Gasteiger partial charge in [0.25, 0.3) is 0 Å². The minimum absolute atomic E-state index is 0.122. The fourth-order valence-electron chi connectivity index (χ4n) is 3.39. The highest BCUT2D eigenvalue weighted by Gasteiger charge is 2.41. The summed E-state index contributed by atoms with van der Waals surface area (Å²) in [7, 11) is 0. The van der Waals surface area contributed by atoms with Crippen LogP contribution in [-0.4, -0.2) is 6.29 Å². The van der Waals surface area contributed by atoms with Crippen LogP contribution in [0.3, 0.4) is 0 Å². The fourth-order valence-corrected chi connectivity index (χ4v) is 3.39. The van der Waals surface area contributed by atoms with Gasteiger partial charge in [-0.15, -0.1) is 6.58 Å². The molecule has 0 saturated heterocycles. The first kappa shape index (κ1) is 11.5. The van der Waals surface area contributed by atoms with Crippen molar-refractivity contribution >= 4 is 6.29 Å². The Morgan fingerprint density at radius 1 is 1.43 bits per heavy atom. The lowest BCUT2D eigenvalue weighted by Crippen LogP contribution is -2.37. The third-order valence-corrected chi connectivity index (χ3v) is 3.29. The molecule has 0 radical (unpaired) electrons. The van der Waals surface area contributed by atoms with E-state index in [0.29, 0.717) is 11.3 Å². The van der Waals surface area contributed by atoms with Crippen molar-refractivity contribution in [2.75, 3.05) is 0 Å². The summed E-state index contributed by atoms with van der Waals surface area (Å²) in [5.41, 5.74) is 0.185. The zero-order valence-corrected chi connectivity index (χ0v) is 9.68. The van der Waals surface area contributed by atoms with E-state index in [1.807, 2.05) is 6.08 Å². The number of hydrogen-bond acceptors (Lipinski definition) is 1. The largest absolute Gasteiger partial charge is 0.303 e. The van der Waals surface area contributed by atoms with Crippen molar-refractivity contribution in [3.05, 3.63) is 12.7 Å². The van der Waals surface area contributed by atoms with Crippen molar-refractivity contribution in [3.63, 3.8) is 0 Å². The zero-order valence-electron chi connectivity index (χ0n) is 9.68. The van der Waals surface area contributed by atoms with Crippen molar-refractivity contribution in [2.45, 2.75) is 46.5 Å². The molecule has 0 aliphatic heterocycles. The first-order valence-corrected chi connectivity index (χ1v) is 5.50. The smallest absolute Gasteiger partial charge is 0.126 e. The molecule has 0 heterocycles. The van der Waals surface area contributed by atoms with E-state index >= 15 is 0 Å². The van der Waals surface area contributed by atoms with Crippen LogP contribution >= 0.6 is 0 Å². The Balaban J connectivity index is 2.85. The van der Waals surface area contributed by atoms with Crippen LogP contribution in [0, 0.1) is 16.7 Å². The summed E-state index contributed by atoms with van der Waals surface area (Å²) in [5, 5.41) is 0. The molecule has 0 aromatic carbocycles. The number of carbonyl (C=O) groups is 1. The van der Waals surface area contributed by atoms with Gasteiger partial charge in [-0.05, 0) is 37.0 Å². The molecule has 0 N–H and O–H groups in total. The quantitative estimate of drug-likeness (QED) is 0.495. The van der Waals surface area contributed by atoms with Gasteiger partial charge in [0.2, 0.25) is 0 Å². The molecule has 0 spiro atoms. The van der Waals surface area contributed by atoms with Crippen LogP contribution in [0.5, 0.6) is 0 Å². The normalized spacial score (nSPS) is 36.4. The van der Waals surface area contributed by atoms with E-state index in [-0.39, 0.29) is 5.41 Å². The molecule has 2 atom stereocenters. The average molecular weight is 194 g/mol. The predicted molar refractivity (Wildman–Crippen MR) is 60.1 cm³/mol. The second-order valence-corrected chi connectivity index (χ2v) is 5.83. The maximum Gasteiger partial charge on any atom is 0.126 e. The van der Waals surface area contributed by atoms with Gasteiger partial charge >= 0.3 is 0 Å². The molecule has 1 rings (SSSR count). The van der Waals surface area contributed by atoms with Crippen molar-refractivity contribution in [2.24, 2.45) is 16.7 Å². The summed E-state index contributed by atoms with van der Waals surface area (Å²) in [6.45, 7) is 10.5. The van der Waals surface area contributed by atoms with Crippen LogP contribution in [0.25, 0.3) is 0 Å². The van der Waals surface area contributed by atoms with Gasteiger partial charge in [-0.1, -0.05) is 26.8 Å². The topological polar surface area (TPSA) is 17.1 Å². The van der Waals surface area contributed by atoms with E-state index in [9.17, 15) is 4.79 Å². The molecule has 1 nitrogen and oxygen atoms in total. The second kappa shape index (κ2) is 3.88. The third kappa shape index (κ3) is 2.46. The summed E-state index contributed by atoms with van der Waals surface area (Å²) in [6, 6.07) is 0. The van der Waals surface area contributed by atoms with Gasteiger partial charge < -0.3 is 4.79 Å². The second-order valence-electron chi connectivity index (χ2n) is 5.83. The molecular weight excluding hydrogens is 172 g/mol. The van der Waals surface area contributed by atoms with Gasteiger partial charge in [-0.2, -0.15) is 0 Å². The summed E-state index contributed by atoms with van der Waals surface area (Å²) in [4.78, 5) is 11.3. The van der Waals surface area contributed by atoms with Crippen LogP contribution in [0.15, 0.2) is 12.7 Å². The average Bonchev–Trinajstić information content (AvgIpc) is 2.00. The molecule has 2 unspecified atom stereocenters. The highest BCUT2D eigenvalue weighted by atomic mass is 16.1. The Hall–Kier alpha value is -0.590. The van der Waals surface area contributed by atoms with E-state index in [1.54, 1.807) is 0 Å². The SMILES string of the molecule is C=CCC1(C=O)CC(C)CC(C)(C)C1. The number of rotatable bonds is 3. The van der Waals surface area contributed by atoms with Crippen molar-refractivity contribution < 1.29 is 4.79 Å². The molecule has 0 amide bonds. The highest BCUT2D eigenvalue weighted by molar-refractivity contribution is 5.60. The number of allylic oxidation sites excluding steroid dienone is 1. The van der Waals surface area contributed by atoms with Crippen molar-refractivity contribution in [1.82, 2.24) is 0 Å². The molecule has 1 aliphatic rings. The van der Waals surface area contributed by atoms with Crippen LogP contribution in [-0.2, 0) is 4.79 Å². The Morgan fingerprint density at radius 2 is 2.07 bits per heavy atom. The van der Waals surface area contributed by atoms with Crippen LogP contribution in [0.4, 0.5) is 0 Å². The maximum atomic E-state index is 11.3. The molecule has 14 heavy (non-hydrogen) atoms. The van der Waals surface area contributed by atoms with E-state index < -0.39 is 0 Å². The molecule has 80 valence electrons. The molecule has 0 aromatic rings. The fraction of sp³-hybridized carbons (Fsp3) is 0.769. The Kier molecular flexibility index (Phi) is 3.18. The minimum Gasteiger partial charge on any atom is -0.303 e. The van der Waals surface area contributed by atoms with Crippen molar-refractivity contribution in [1.29, 1.82) is 0 Å². The van der Waals surface area contributed by atoms with Crippen molar-refractivity contribution in [3.8, 4) is 0 Å². The molecule has 1 saturated carbocycles. The van der Waals surface area contributed by atoms with Gasteiger partial charge in [-0.25, -0.2) is 0 Å². The standard InChI is InChI=1S/C13H22O/c1-5-6-13(10-14)8-11(2)7-12(3,4)9-13/h5,10-11H,1,6-9H2,2-4H3. The van der Waals surface area contributed by atoms with Gasteiger partial charge in [0, 0.05) is 5.41 Å². The Morgan fingerprint density at radius 3 is 2.50 bits per heavy atom. The predicted octanol–water partition coefficient (Wildman–Crippen LogP) is 3.59. The lowest BCUT2D eigenvalue weighted by molar-refractivity contribution is -0.121. The monoisotopic (exact) mass is 194 g/mol. The van der Waals surface area contributed by atoms with Gasteiger partial charge in [0.15, 0.2) is 0 Å². The first-order chi connectivity index (χ1) is 6.43. The van der Waals surface area contributed by atoms with Crippen LogP contribution in [0.2, 0.25) is 0 Å². The Labute approximate surface area is 87.6 Å². The molecule has 0 bridgehead atoms. The lowest BCUT2D eigenvalue weighted by atomic mass is 9.60. The van der Waals surface area contributed by atoms with E-state index in [4.69, 9.17) is 0 Å². The van der Waals surface area contributed by atoms with E-state index in [1.165, 1.54) is 12.7 Å². The zero-order chi connectivity index (χ0) is 10.8. The number of carbonyl (C=O) groups excluding carboxylic acids is 1. The van der Waals surface area contributed by atoms with Gasteiger partial charge in [0.1, 0.15) is 6.29 Å². The number of hydrogen-bond donors (Lipinski definition) is 0. The molecule has 1 aliphatic carbocycles. The van der Waals surface area contributed by atoms with Crippen LogP contribution in [0.1, 0.15) is 46.5 Å². The first-order valence-electron chi connectivity index (χ1n) is 5.50. The summed E-state index contributed by atoms with van der Waals surface area (Å²) in [5.74, 6) is 0.656. The third-order valence-electron chi connectivity index (χ3n) is 3.29.